The Morgan fingerprint density at radius 2 is 2.11 bits per heavy atom. The molecule has 5 heteroatoms. The van der Waals surface area contributed by atoms with E-state index >= 15 is 0 Å². The van der Waals surface area contributed by atoms with Crippen LogP contribution in [0.2, 0.25) is 5.02 Å². The quantitative estimate of drug-likeness (QED) is 0.897. The van der Waals surface area contributed by atoms with Gasteiger partial charge in [-0.3, -0.25) is 0 Å². The standard InChI is InChI=1S/C13H13ClFN3/c14-11-7-9(15)4-3-8(11)6-12(16)10-2-1-5-18-13(10)17/h1-5,7,12H,6,16H2,(H2,17,18). The van der Waals surface area contributed by atoms with Crippen molar-refractivity contribution in [1.29, 1.82) is 0 Å². The van der Waals surface area contributed by atoms with Crippen LogP contribution in [0.5, 0.6) is 0 Å². The van der Waals surface area contributed by atoms with Gasteiger partial charge >= 0.3 is 0 Å². The number of anilines is 1. The normalized spacial score (nSPS) is 12.4. The summed E-state index contributed by atoms with van der Waals surface area (Å²) in [5.74, 6) is 0.0430. The van der Waals surface area contributed by atoms with Crippen molar-refractivity contribution in [2.45, 2.75) is 12.5 Å². The van der Waals surface area contributed by atoms with E-state index in [0.29, 0.717) is 17.3 Å². The fourth-order valence-corrected chi connectivity index (χ4v) is 2.02. The Labute approximate surface area is 110 Å². The smallest absolute Gasteiger partial charge is 0.128 e. The van der Waals surface area contributed by atoms with Crippen molar-refractivity contribution >= 4 is 17.4 Å². The van der Waals surface area contributed by atoms with Crippen molar-refractivity contribution in [3.63, 3.8) is 0 Å². The lowest BCUT2D eigenvalue weighted by Gasteiger charge is -2.14. The van der Waals surface area contributed by atoms with Gasteiger partial charge < -0.3 is 11.5 Å². The molecular formula is C13H13ClFN3. The largest absolute Gasteiger partial charge is 0.383 e. The van der Waals surface area contributed by atoms with Crippen molar-refractivity contribution in [1.82, 2.24) is 4.98 Å². The van der Waals surface area contributed by atoms with Crippen LogP contribution < -0.4 is 11.5 Å². The average molecular weight is 266 g/mol. The van der Waals surface area contributed by atoms with Gasteiger partial charge in [0.25, 0.3) is 0 Å². The molecule has 0 aliphatic rings. The highest BCUT2D eigenvalue weighted by Crippen LogP contribution is 2.24. The molecule has 1 atom stereocenters. The SMILES string of the molecule is Nc1ncccc1C(N)Cc1ccc(F)cc1Cl. The molecule has 18 heavy (non-hydrogen) atoms. The molecule has 2 rings (SSSR count). The first-order chi connectivity index (χ1) is 8.58. The molecule has 3 nitrogen and oxygen atoms in total. The third-order valence-corrected chi connectivity index (χ3v) is 3.08. The molecule has 1 unspecified atom stereocenters. The van der Waals surface area contributed by atoms with Crippen LogP contribution in [-0.2, 0) is 6.42 Å². The first-order valence-electron chi connectivity index (χ1n) is 5.48. The number of nitrogens with zero attached hydrogens (tertiary/aromatic N) is 1. The summed E-state index contributed by atoms with van der Waals surface area (Å²) in [6, 6.07) is 7.55. The fraction of sp³-hybridized carbons (Fsp3) is 0.154. The maximum Gasteiger partial charge on any atom is 0.128 e. The number of nitrogen functional groups attached to an aromatic ring is 1. The van der Waals surface area contributed by atoms with Crippen molar-refractivity contribution in [2.75, 3.05) is 5.73 Å². The minimum atomic E-state index is -0.363. The van der Waals surface area contributed by atoms with E-state index in [4.69, 9.17) is 23.1 Å². The third kappa shape index (κ3) is 2.78. The monoisotopic (exact) mass is 265 g/mol. The highest BCUT2D eigenvalue weighted by atomic mass is 35.5. The molecule has 0 saturated heterocycles. The Balaban J connectivity index is 2.21. The molecule has 0 spiro atoms. The lowest BCUT2D eigenvalue weighted by atomic mass is 10.0. The Kier molecular flexibility index (Phi) is 3.79. The lowest BCUT2D eigenvalue weighted by Crippen LogP contribution is -2.16. The molecule has 94 valence electrons. The second kappa shape index (κ2) is 5.33. The second-order valence-corrected chi connectivity index (χ2v) is 4.43. The van der Waals surface area contributed by atoms with E-state index in [2.05, 4.69) is 4.98 Å². The van der Waals surface area contributed by atoms with Crippen LogP contribution in [0.25, 0.3) is 0 Å². The van der Waals surface area contributed by atoms with E-state index in [0.717, 1.165) is 11.1 Å². The molecule has 4 N–H and O–H groups in total. The summed E-state index contributed by atoms with van der Waals surface area (Å²) in [4.78, 5) is 3.98. The van der Waals surface area contributed by atoms with Crippen LogP contribution in [-0.4, -0.2) is 4.98 Å². The van der Waals surface area contributed by atoms with E-state index in [9.17, 15) is 4.39 Å². The van der Waals surface area contributed by atoms with Gasteiger partial charge in [0, 0.05) is 22.8 Å². The molecule has 0 aliphatic heterocycles. The first-order valence-corrected chi connectivity index (χ1v) is 5.85. The molecule has 0 saturated carbocycles. The predicted molar refractivity (Wildman–Crippen MR) is 70.7 cm³/mol. The molecule has 1 aromatic heterocycles. The molecule has 1 aromatic carbocycles. The highest BCUT2D eigenvalue weighted by Gasteiger charge is 2.13. The minimum absolute atomic E-state index is 0.318. The third-order valence-electron chi connectivity index (χ3n) is 2.73. The summed E-state index contributed by atoms with van der Waals surface area (Å²) < 4.78 is 12.9. The summed E-state index contributed by atoms with van der Waals surface area (Å²) in [7, 11) is 0. The van der Waals surface area contributed by atoms with Gasteiger partial charge in [-0.2, -0.15) is 0 Å². The molecule has 0 amide bonds. The van der Waals surface area contributed by atoms with Gasteiger partial charge in [0.05, 0.1) is 0 Å². The maximum absolute atomic E-state index is 12.9. The van der Waals surface area contributed by atoms with Crippen LogP contribution >= 0.6 is 11.6 Å². The zero-order chi connectivity index (χ0) is 13.1. The van der Waals surface area contributed by atoms with E-state index in [1.807, 2.05) is 6.07 Å². The molecule has 0 radical (unpaired) electrons. The molecule has 0 bridgehead atoms. The van der Waals surface area contributed by atoms with Gasteiger partial charge in [-0.1, -0.05) is 23.7 Å². The Hall–Kier alpha value is -1.65. The second-order valence-electron chi connectivity index (χ2n) is 4.02. The molecule has 2 aromatic rings. The molecule has 0 aliphatic carbocycles. The van der Waals surface area contributed by atoms with Crippen LogP contribution in [0.15, 0.2) is 36.5 Å². The van der Waals surface area contributed by atoms with Gasteiger partial charge in [-0.15, -0.1) is 0 Å². The zero-order valence-corrected chi connectivity index (χ0v) is 10.4. The number of pyridine rings is 1. The van der Waals surface area contributed by atoms with Crippen LogP contribution in [0.4, 0.5) is 10.2 Å². The Morgan fingerprint density at radius 3 is 2.78 bits per heavy atom. The van der Waals surface area contributed by atoms with Gasteiger partial charge in [0.15, 0.2) is 0 Å². The number of nitrogens with two attached hydrogens (primary N) is 2. The van der Waals surface area contributed by atoms with Crippen molar-refractivity contribution in [2.24, 2.45) is 5.73 Å². The number of halogens is 2. The highest BCUT2D eigenvalue weighted by molar-refractivity contribution is 6.31. The molecule has 0 fully saturated rings. The summed E-state index contributed by atoms with van der Waals surface area (Å²) in [5, 5.41) is 0.368. The van der Waals surface area contributed by atoms with Crippen molar-refractivity contribution < 1.29 is 4.39 Å². The van der Waals surface area contributed by atoms with Gasteiger partial charge in [-0.25, -0.2) is 9.37 Å². The van der Waals surface area contributed by atoms with Crippen LogP contribution in [0.1, 0.15) is 17.2 Å². The molecule has 1 heterocycles. The predicted octanol–water partition coefficient (Wildman–Crippen LogP) is 2.70. The Morgan fingerprint density at radius 1 is 1.33 bits per heavy atom. The van der Waals surface area contributed by atoms with Crippen molar-refractivity contribution in [3.8, 4) is 0 Å². The summed E-state index contributed by atoms with van der Waals surface area (Å²) in [5.41, 5.74) is 13.4. The summed E-state index contributed by atoms with van der Waals surface area (Å²) in [6.07, 6.45) is 2.09. The summed E-state index contributed by atoms with van der Waals surface area (Å²) in [6.45, 7) is 0. The Bertz CT molecular complexity index is 560. The molecular weight excluding hydrogens is 253 g/mol. The number of hydrogen-bond acceptors (Lipinski definition) is 3. The fourth-order valence-electron chi connectivity index (χ4n) is 1.78. The van der Waals surface area contributed by atoms with E-state index in [-0.39, 0.29) is 11.9 Å². The number of benzene rings is 1. The lowest BCUT2D eigenvalue weighted by molar-refractivity contribution is 0.625. The summed E-state index contributed by atoms with van der Waals surface area (Å²) >= 11 is 5.96. The minimum Gasteiger partial charge on any atom is -0.383 e. The van der Waals surface area contributed by atoms with Crippen LogP contribution in [0.3, 0.4) is 0 Å². The number of hydrogen-bond donors (Lipinski definition) is 2. The van der Waals surface area contributed by atoms with Gasteiger partial charge in [0.2, 0.25) is 0 Å². The first kappa shape index (κ1) is 12.8. The van der Waals surface area contributed by atoms with Crippen molar-refractivity contribution in [3.05, 3.63) is 58.5 Å². The topological polar surface area (TPSA) is 64.9 Å². The van der Waals surface area contributed by atoms with E-state index in [1.165, 1.54) is 12.1 Å². The number of rotatable bonds is 3. The van der Waals surface area contributed by atoms with Gasteiger partial charge in [0.1, 0.15) is 11.6 Å². The van der Waals surface area contributed by atoms with Crippen LogP contribution in [0, 0.1) is 5.82 Å². The van der Waals surface area contributed by atoms with E-state index < -0.39 is 0 Å². The van der Waals surface area contributed by atoms with Gasteiger partial charge in [-0.05, 0) is 30.2 Å². The number of aromatic nitrogens is 1. The zero-order valence-electron chi connectivity index (χ0n) is 9.61. The van der Waals surface area contributed by atoms with E-state index in [1.54, 1.807) is 18.3 Å². The maximum atomic E-state index is 12.9. The average Bonchev–Trinajstić information content (AvgIpc) is 2.33.